The molecule has 1 aromatic heterocycles. The van der Waals surface area contributed by atoms with Gasteiger partial charge in [-0.05, 0) is 55.2 Å². The average molecular weight is 326 g/mol. The first kappa shape index (κ1) is 16.0. The van der Waals surface area contributed by atoms with E-state index in [1.807, 2.05) is 6.07 Å². The first-order chi connectivity index (χ1) is 11.7. The third kappa shape index (κ3) is 2.63. The van der Waals surface area contributed by atoms with E-state index in [0.29, 0.717) is 11.8 Å². The van der Waals surface area contributed by atoms with Crippen molar-refractivity contribution in [1.82, 2.24) is 0 Å². The molecule has 3 nitrogen and oxygen atoms in total. The van der Waals surface area contributed by atoms with Crippen molar-refractivity contribution in [3.05, 3.63) is 47.6 Å². The minimum absolute atomic E-state index is 0.000714. The Morgan fingerprint density at radius 2 is 1.79 bits per heavy atom. The number of hydrogen-bond acceptors (Lipinski definition) is 3. The zero-order valence-corrected chi connectivity index (χ0v) is 14.5. The van der Waals surface area contributed by atoms with Crippen molar-refractivity contribution in [3.8, 4) is 0 Å². The van der Waals surface area contributed by atoms with Crippen LogP contribution in [0.3, 0.4) is 0 Å². The number of furan rings is 1. The number of hydrogen-bond donors (Lipinski definition) is 2. The lowest BCUT2D eigenvalue weighted by atomic mass is 9.63. The van der Waals surface area contributed by atoms with Crippen LogP contribution in [0.4, 0.5) is 0 Å². The standard InChI is InChI=1S/C21H30N2O/c22-18-11-12-21(16-8-3-4-9-16,14-17-10-5-13-24-17)20(23)19(18)15-6-1-2-7-15/h5,10-13,15-16,18H,1-4,6-9,14,22-23H2. The van der Waals surface area contributed by atoms with Gasteiger partial charge >= 0.3 is 0 Å². The van der Waals surface area contributed by atoms with Crippen molar-refractivity contribution >= 4 is 0 Å². The van der Waals surface area contributed by atoms with Gasteiger partial charge < -0.3 is 15.9 Å². The van der Waals surface area contributed by atoms with Gasteiger partial charge in [0.15, 0.2) is 0 Å². The van der Waals surface area contributed by atoms with E-state index in [0.717, 1.165) is 17.9 Å². The van der Waals surface area contributed by atoms with Crippen molar-refractivity contribution in [2.45, 2.75) is 63.8 Å². The fourth-order valence-corrected chi connectivity index (χ4v) is 5.44. The third-order valence-electron chi connectivity index (χ3n) is 6.70. The summed E-state index contributed by atoms with van der Waals surface area (Å²) in [6, 6.07) is 4.06. The van der Waals surface area contributed by atoms with Crippen molar-refractivity contribution in [2.75, 3.05) is 0 Å². The van der Waals surface area contributed by atoms with E-state index in [9.17, 15) is 0 Å². The molecule has 1 heterocycles. The van der Waals surface area contributed by atoms with Crippen LogP contribution in [0.1, 0.15) is 57.1 Å². The molecule has 3 heteroatoms. The Morgan fingerprint density at radius 3 is 2.46 bits per heavy atom. The molecule has 4 rings (SSSR count). The average Bonchev–Trinajstić information content (AvgIpc) is 3.33. The molecule has 24 heavy (non-hydrogen) atoms. The highest BCUT2D eigenvalue weighted by Crippen LogP contribution is 2.51. The van der Waals surface area contributed by atoms with Gasteiger partial charge in [0, 0.05) is 23.6 Å². The van der Waals surface area contributed by atoms with Crippen LogP contribution < -0.4 is 11.5 Å². The van der Waals surface area contributed by atoms with Crippen LogP contribution in [0.15, 0.2) is 46.2 Å². The van der Waals surface area contributed by atoms with Crippen LogP contribution in [0.5, 0.6) is 0 Å². The Bertz CT molecular complexity index is 618. The normalized spacial score (nSPS) is 32.1. The fourth-order valence-electron chi connectivity index (χ4n) is 5.44. The molecule has 2 unspecified atom stereocenters. The molecule has 0 amide bonds. The zero-order chi connectivity index (χ0) is 16.6. The monoisotopic (exact) mass is 326 g/mol. The summed E-state index contributed by atoms with van der Waals surface area (Å²) in [5.41, 5.74) is 15.7. The van der Waals surface area contributed by atoms with Crippen LogP contribution in [-0.4, -0.2) is 6.04 Å². The Labute approximate surface area is 145 Å². The summed E-state index contributed by atoms with van der Waals surface area (Å²) in [6.07, 6.45) is 17.5. The van der Waals surface area contributed by atoms with Gasteiger partial charge in [0.1, 0.15) is 5.76 Å². The minimum atomic E-state index is -0.0951. The molecule has 0 bridgehead atoms. The molecule has 0 aromatic carbocycles. The van der Waals surface area contributed by atoms with E-state index in [1.54, 1.807) is 6.26 Å². The van der Waals surface area contributed by atoms with Crippen LogP contribution >= 0.6 is 0 Å². The van der Waals surface area contributed by atoms with Crippen molar-refractivity contribution < 1.29 is 4.42 Å². The molecule has 0 aliphatic heterocycles. The van der Waals surface area contributed by atoms with Gasteiger partial charge in [-0.1, -0.05) is 37.8 Å². The summed E-state index contributed by atoms with van der Waals surface area (Å²) in [5.74, 6) is 2.24. The van der Waals surface area contributed by atoms with Crippen molar-refractivity contribution in [1.29, 1.82) is 0 Å². The van der Waals surface area contributed by atoms with E-state index < -0.39 is 0 Å². The smallest absolute Gasteiger partial charge is 0.105 e. The number of allylic oxidation sites excluding steroid dienone is 1. The van der Waals surface area contributed by atoms with Gasteiger partial charge in [0.05, 0.1) is 6.26 Å². The summed E-state index contributed by atoms with van der Waals surface area (Å²) < 4.78 is 5.71. The van der Waals surface area contributed by atoms with E-state index in [2.05, 4.69) is 18.2 Å². The number of nitrogens with two attached hydrogens (primary N) is 2. The van der Waals surface area contributed by atoms with Crippen LogP contribution in [0.25, 0.3) is 0 Å². The molecular weight excluding hydrogens is 296 g/mol. The van der Waals surface area contributed by atoms with Gasteiger partial charge in [0.25, 0.3) is 0 Å². The molecule has 0 spiro atoms. The second kappa shape index (κ2) is 6.44. The molecule has 2 atom stereocenters. The van der Waals surface area contributed by atoms with Gasteiger partial charge in [-0.3, -0.25) is 0 Å². The third-order valence-corrected chi connectivity index (χ3v) is 6.70. The van der Waals surface area contributed by atoms with E-state index in [-0.39, 0.29) is 11.5 Å². The molecule has 3 aliphatic rings. The van der Waals surface area contributed by atoms with E-state index >= 15 is 0 Å². The second-order valence-corrected chi connectivity index (χ2v) is 8.01. The molecule has 2 fully saturated rings. The van der Waals surface area contributed by atoms with Gasteiger partial charge in [-0.25, -0.2) is 0 Å². The maximum atomic E-state index is 6.93. The molecular formula is C21H30N2O. The fraction of sp³-hybridized carbons (Fsp3) is 0.619. The highest BCUT2D eigenvalue weighted by Gasteiger charge is 2.45. The first-order valence-corrected chi connectivity index (χ1v) is 9.68. The predicted molar refractivity (Wildman–Crippen MR) is 97.1 cm³/mol. The molecule has 0 radical (unpaired) electrons. The first-order valence-electron chi connectivity index (χ1n) is 9.68. The highest BCUT2D eigenvalue weighted by molar-refractivity contribution is 5.40. The van der Waals surface area contributed by atoms with Crippen LogP contribution in [-0.2, 0) is 6.42 Å². The Hall–Kier alpha value is -1.48. The van der Waals surface area contributed by atoms with Crippen LogP contribution in [0.2, 0.25) is 0 Å². The molecule has 0 saturated heterocycles. The zero-order valence-electron chi connectivity index (χ0n) is 14.5. The summed E-state index contributed by atoms with van der Waals surface area (Å²) in [7, 11) is 0. The van der Waals surface area contributed by atoms with E-state index in [1.165, 1.54) is 56.9 Å². The highest BCUT2D eigenvalue weighted by atomic mass is 16.3. The maximum Gasteiger partial charge on any atom is 0.105 e. The molecule has 130 valence electrons. The molecule has 2 saturated carbocycles. The van der Waals surface area contributed by atoms with Gasteiger partial charge in [-0.15, -0.1) is 0 Å². The summed E-state index contributed by atoms with van der Waals surface area (Å²) >= 11 is 0. The summed E-state index contributed by atoms with van der Waals surface area (Å²) in [6.45, 7) is 0. The maximum absolute atomic E-state index is 6.93. The molecule has 1 aromatic rings. The SMILES string of the molecule is NC1=C(C2CCCC2)C(N)C=CC1(Cc1ccco1)C1CCCC1. The lowest BCUT2D eigenvalue weighted by Crippen LogP contribution is -2.43. The largest absolute Gasteiger partial charge is 0.469 e. The van der Waals surface area contributed by atoms with Crippen molar-refractivity contribution in [2.24, 2.45) is 28.7 Å². The molecule has 3 aliphatic carbocycles. The number of rotatable bonds is 4. The van der Waals surface area contributed by atoms with Gasteiger partial charge in [0.2, 0.25) is 0 Å². The quantitative estimate of drug-likeness (QED) is 0.811. The lowest BCUT2D eigenvalue weighted by molar-refractivity contribution is 0.251. The van der Waals surface area contributed by atoms with Crippen molar-refractivity contribution in [3.63, 3.8) is 0 Å². The Morgan fingerprint density at radius 1 is 1.08 bits per heavy atom. The van der Waals surface area contributed by atoms with E-state index in [4.69, 9.17) is 15.9 Å². The molecule has 4 N–H and O–H groups in total. The summed E-state index contributed by atoms with van der Waals surface area (Å²) in [4.78, 5) is 0. The topological polar surface area (TPSA) is 65.2 Å². The van der Waals surface area contributed by atoms with Gasteiger partial charge in [-0.2, -0.15) is 0 Å². The Kier molecular flexibility index (Phi) is 4.29. The Balaban J connectivity index is 1.77. The predicted octanol–water partition coefficient (Wildman–Crippen LogP) is 4.30. The van der Waals surface area contributed by atoms with Crippen LogP contribution in [0, 0.1) is 17.3 Å². The lowest BCUT2D eigenvalue weighted by Gasteiger charge is -2.43. The second-order valence-electron chi connectivity index (χ2n) is 8.01. The minimum Gasteiger partial charge on any atom is -0.469 e. The summed E-state index contributed by atoms with van der Waals surface area (Å²) in [5, 5.41) is 0.